The molecule has 1 heterocycles. The van der Waals surface area contributed by atoms with Gasteiger partial charge in [-0.2, -0.15) is 0 Å². The molecule has 0 fully saturated rings. The van der Waals surface area contributed by atoms with Crippen LogP contribution in [-0.2, 0) is 4.74 Å². The lowest BCUT2D eigenvalue weighted by Gasteiger charge is -2.25. The summed E-state index contributed by atoms with van der Waals surface area (Å²) in [6.45, 7) is 2.10. The number of rotatable bonds is 5. The van der Waals surface area contributed by atoms with Gasteiger partial charge in [0.2, 0.25) is 0 Å². The van der Waals surface area contributed by atoms with Gasteiger partial charge in [0, 0.05) is 11.8 Å². The molecule has 0 aliphatic carbocycles. The summed E-state index contributed by atoms with van der Waals surface area (Å²) in [4.78, 5) is 0. The minimum Gasteiger partial charge on any atom is -0.379 e. The van der Waals surface area contributed by atoms with Gasteiger partial charge in [0.05, 0.1) is 12.1 Å². The number of ether oxygens (including phenoxy) is 1. The molecule has 2 unspecified atom stereocenters. The number of hydrazine groups is 1. The van der Waals surface area contributed by atoms with E-state index < -0.39 is 0 Å². The predicted molar refractivity (Wildman–Crippen MR) is 73.0 cm³/mol. The Balaban J connectivity index is 2.45. The molecule has 0 amide bonds. The van der Waals surface area contributed by atoms with Gasteiger partial charge in [-0.15, -0.1) is 11.3 Å². The van der Waals surface area contributed by atoms with Crippen molar-refractivity contribution in [2.24, 2.45) is 5.84 Å². The van der Waals surface area contributed by atoms with E-state index in [1.165, 1.54) is 15.6 Å². The molecule has 2 atom stereocenters. The number of benzene rings is 1. The molecule has 1 aromatic carbocycles. The molecule has 17 heavy (non-hydrogen) atoms. The molecular weight excluding hydrogens is 232 g/mol. The molecule has 0 aliphatic rings. The molecule has 0 saturated carbocycles. The Hall–Kier alpha value is -0.940. The first-order valence-electron chi connectivity index (χ1n) is 5.76. The van der Waals surface area contributed by atoms with Crippen LogP contribution >= 0.6 is 11.3 Å². The predicted octanol–water partition coefficient (Wildman–Crippen LogP) is 2.83. The Morgan fingerprint density at radius 3 is 2.88 bits per heavy atom. The monoisotopic (exact) mass is 250 g/mol. The third kappa shape index (κ3) is 2.35. The standard InChI is InChI=1S/C13H18N2OS/c1-3-11(16-2)12(15-14)10-6-4-5-9-7-8-17-13(9)10/h4-8,11-12,15H,3,14H2,1-2H3. The fourth-order valence-electron chi connectivity index (χ4n) is 2.20. The lowest BCUT2D eigenvalue weighted by atomic mass is 9.99. The summed E-state index contributed by atoms with van der Waals surface area (Å²) in [5, 5.41) is 3.37. The van der Waals surface area contributed by atoms with Gasteiger partial charge in [0.15, 0.2) is 0 Å². The van der Waals surface area contributed by atoms with Crippen molar-refractivity contribution in [3.8, 4) is 0 Å². The zero-order valence-corrected chi connectivity index (χ0v) is 11.0. The minimum atomic E-state index is 0.0346. The van der Waals surface area contributed by atoms with Crippen molar-refractivity contribution in [1.82, 2.24) is 5.43 Å². The second kappa shape index (κ2) is 5.60. The average molecular weight is 250 g/mol. The molecule has 0 aliphatic heterocycles. The number of nitrogens with two attached hydrogens (primary N) is 1. The van der Waals surface area contributed by atoms with E-state index >= 15 is 0 Å². The lowest BCUT2D eigenvalue weighted by Crippen LogP contribution is -2.37. The third-order valence-corrected chi connectivity index (χ3v) is 4.08. The molecule has 4 heteroatoms. The molecule has 0 radical (unpaired) electrons. The average Bonchev–Trinajstić information content (AvgIpc) is 2.84. The molecule has 2 rings (SSSR count). The van der Waals surface area contributed by atoms with E-state index in [1.807, 2.05) is 0 Å². The van der Waals surface area contributed by atoms with Crippen LogP contribution in [0.2, 0.25) is 0 Å². The number of hydrogen-bond donors (Lipinski definition) is 2. The largest absolute Gasteiger partial charge is 0.379 e. The van der Waals surface area contributed by atoms with Crippen LogP contribution in [0.15, 0.2) is 29.6 Å². The Morgan fingerprint density at radius 2 is 2.24 bits per heavy atom. The Kier molecular flexibility index (Phi) is 4.12. The Morgan fingerprint density at radius 1 is 1.41 bits per heavy atom. The summed E-state index contributed by atoms with van der Waals surface area (Å²) in [5.41, 5.74) is 4.10. The van der Waals surface area contributed by atoms with Gasteiger partial charge >= 0.3 is 0 Å². The quantitative estimate of drug-likeness (QED) is 0.633. The van der Waals surface area contributed by atoms with Gasteiger partial charge in [-0.25, -0.2) is 0 Å². The van der Waals surface area contributed by atoms with Crippen molar-refractivity contribution in [1.29, 1.82) is 0 Å². The molecule has 1 aromatic heterocycles. The molecule has 0 spiro atoms. The number of methoxy groups -OCH3 is 1. The van der Waals surface area contributed by atoms with E-state index in [9.17, 15) is 0 Å². The summed E-state index contributed by atoms with van der Waals surface area (Å²) < 4.78 is 6.78. The second-order valence-corrected chi connectivity index (χ2v) is 4.93. The lowest BCUT2D eigenvalue weighted by molar-refractivity contribution is 0.0656. The number of nitrogens with one attached hydrogen (secondary N) is 1. The zero-order chi connectivity index (χ0) is 12.3. The van der Waals surface area contributed by atoms with Crippen LogP contribution in [0.1, 0.15) is 24.9 Å². The van der Waals surface area contributed by atoms with Crippen molar-refractivity contribution < 1.29 is 4.74 Å². The molecule has 0 saturated heterocycles. The van der Waals surface area contributed by atoms with E-state index in [2.05, 4.69) is 42.0 Å². The van der Waals surface area contributed by atoms with Crippen molar-refractivity contribution >= 4 is 21.4 Å². The first kappa shape index (κ1) is 12.5. The maximum absolute atomic E-state index is 5.69. The second-order valence-electron chi connectivity index (χ2n) is 4.01. The molecule has 3 N–H and O–H groups in total. The Bertz CT molecular complexity index is 479. The highest BCUT2D eigenvalue weighted by molar-refractivity contribution is 7.17. The maximum Gasteiger partial charge on any atom is 0.0776 e. The smallest absolute Gasteiger partial charge is 0.0776 e. The molecule has 2 aromatic rings. The first-order valence-corrected chi connectivity index (χ1v) is 6.64. The first-order chi connectivity index (χ1) is 8.31. The number of thiophene rings is 1. The van der Waals surface area contributed by atoms with Crippen LogP contribution in [0.3, 0.4) is 0 Å². The SMILES string of the molecule is CCC(OC)C(NN)c1cccc2ccsc12. The van der Waals surface area contributed by atoms with Gasteiger partial charge < -0.3 is 4.74 Å². The van der Waals surface area contributed by atoms with E-state index in [0.717, 1.165) is 6.42 Å². The third-order valence-electron chi connectivity index (χ3n) is 3.10. The van der Waals surface area contributed by atoms with Crippen molar-refractivity contribution in [2.45, 2.75) is 25.5 Å². The maximum atomic E-state index is 5.69. The van der Waals surface area contributed by atoms with Gasteiger partial charge in [-0.3, -0.25) is 11.3 Å². The highest BCUT2D eigenvalue weighted by Gasteiger charge is 2.22. The van der Waals surface area contributed by atoms with Crippen LogP contribution in [-0.4, -0.2) is 13.2 Å². The number of fused-ring (bicyclic) bond motifs is 1. The van der Waals surface area contributed by atoms with Crippen LogP contribution in [0.4, 0.5) is 0 Å². The van der Waals surface area contributed by atoms with Crippen LogP contribution in [0.5, 0.6) is 0 Å². The fourth-order valence-corrected chi connectivity index (χ4v) is 3.15. The normalized spacial score (nSPS) is 15.0. The summed E-state index contributed by atoms with van der Waals surface area (Å²) in [5.74, 6) is 5.69. The summed E-state index contributed by atoms with van der Waals surface area (Å²) in [6, 6.07) is 8.47. The molecule has 92 valence electrons. The topological polar surface area (TPSA) is 47.3 Å². The van der Waals surface area contributed by atoms with Crippen molar-refractivity contribution in [3.05, 3.63) is 35.2 Å². The van der Waals surface area contributed by atoms with Gasteiger partial charge in [0.25, 0.3) is 0 Å². The van der Waals surface area contributed by atoms with E-state index in [4.69, 9.17) is 10.6 Å². The summed E-state index contributed by atoms with van der Waals surface area (Å²) in [6.07, 6.45) is 1.01. The summed E-state index contributed by atoms with van der Waals surface area (Å²) in [7, 11) is 1.73. The highest BCUT2D eigenvalue weighted by Crippen LogP contribution is 2.31. The van der Waals surface area contributed by atoms with E-state index in [1.54, 1.807) is 18.4 Å². The van der Waals surface area contributed by atoms with Crippen molar-refractivity contribution in [2.75, 3.05) is 7.11 Å². The molecular formula is C13H18N2OS. The molecule has 0 bridgehead atoms. The molecule has 3 nitrogen and oxygen atoms in total. The van der Waals surface area contributed by atoms with Gasteiger partial charge in [-0.1, -0.05) is 25.1 Å². The number of hydrogen-bond acceptors (Lipinski definition) is 4. The van der Waals surface area contributed by atoms with Crippen LogP contribution < -0.4 is 11.3 Å². The Labute approximate surface area is 106 Å². The van der Waals surface area contributed by atoms with Gasteiger partial charge in [-0.05, 0) is 28.8 Å². The van der Waals surface area contributed by atoms with E-state index in [0.29, 0.717) is 0 Å². The fraction of sp³-hybridized carbons (Fsp3) is 0.385. The van der Waals surface area contributed by atoms with E-state index in [-0.39, 0.29) is 12.1 Å². The van der Waals surface area contributed by atoms with Crippen LogP contribution in [0, 0.1) is 0 Å². The van der Waals surface area contributed by atoms with Gasteiger partial charge in [0.1, 0.15) is 0 Å². The zero-order valence-electron chi connectivity index (χ0n) is 10.1. The minimum absolute atomic E-state index is 0.0346. The van der Waals surface area contributed by atoms with Crippen molar-refractivity contribution in [3.63, 3.8) is 0 Å². The highest BCUT2D eigenvalue weighted by atomic mass is 32.1. The van der Waals surface area contributed by atoms with Crippen LogP contribution in [0.25, 0.3) is 10.1 Å². The summed E-state index contributed by atoms with van der Waals surface area (Å²) >= 11 is 1.74.